The molecule has 1 fully saturated rings. The van der Waals surface area contributed by atoms with Gasteiger partial charge in [0.15, 0.2) is 0 Å². The number of benzene rings is 2. The monoisotopic (exact) mass is 478 g/mol. The fraction of sp³-hybridized carbons (Fsp3) is 0.333. The van der Waals surface area contributed by atoms with Crippen LogP contribution in [0.5, 0.6) is 11.5 Å². The van der Waals surface area contributed by atoms with Crippen molar-refractivity contribution in [2.45, 2.75) is 31.5 Å². The minimum atomic E-state index is -4.32. The van der Waals surface area contributed by atoms with E-state index in [2.05, 4.69) is 10.6 Å². The summed E-state index contributed by atoms with van der Waals surface area (Å²) in [4.78, 5) is 25.2. The van der Waals surface area contributed by atoms with Gasteiger partial charge in [-0.1, -0.05) is 12.1 Å². The quantitative estimate of drug-likeness (QED) is 0.430. The molecule has 0 bridgehead atoms. The second-order valence-corrected chi connectivity index (χ2v) is 7.62. The molecular weight excluding hydrogens is 453 g/mol. The molecule has 7 nitrogen and oxygen atoms in total. The number of alkyl halides is 3. The number of halogens is 3. The lowest BCUT2D eigenvalue weighted by molar-refractivity contribution is -0.139. The van der Waals surface area contributed by atoms with Crippen LogP contribution in [0, 0.1) is 0 Å². The molecule has 0 spiro atoms. The zero-order valence-corrected chi connectivity index (χ0v) is 18.2. The number of aliphatic hydroxyl groups is 1. The normalized spacial score (nSPS) is 13.8. The Morgan fingerprint density at radius 1 is 1.03 bits per heavy atom. The number of nitrogens with one attached hydrogen (secondary N) is 2. The van der Waals surface area contributed by atoms with Crippen LogP contribution < -0.4 is 20.1 Å². The highest BCUT2D eigenvalue weighted by atomic mass is 19.4. The molecule has 0 atom stereocenters. The summed E-state index contributed by atoms with van der Waals surface area (Å²) in [5, 5.41) is 14.0. The summed E-state index contributed by atoms with van der Waals surface area (Å²) in [5.41, 5.74) is 0.781. The van der Waals surface area contributed by atoms with Crippen LogP contribution in [-0.2, 0) is 4.79 Å². The predicted octanol–water partition coefficient (Wildman–Crippen LogP) is 3.44. The molecule has 0 heterocycles. The van der Waals surface area contributed by atoms with Crippen LogP contribution in [0.2, 0.25) is 0 Å². The van der Waals surface area contributed by atoms with Crippen LogP contribution in [0.1, 0.15) is 35.2 Å². The molecule has 0 unspecified atom stereocenters. The zero-order valence-electron chi connectivity index (χ0n) is 18.2. The van der Waals surface area contributed by atoms with Crippen LogP contribution in [0.4, 0.5) is 13.2 Å². The molecule has 2 aromatic rings. The third-order valence-corrected chi connectivity index (χ3v) is 4.68. The minimum absolute atomic E-state index is 0.00414. The summed E-state index contributed by atoms with van der Waals surface area (Å²) >= 11 is 0. The molecular formula is C24H25F3N2O5. The molecule has 0 radical (unpaired) electrons. The number of hydrogen-bond donors (Lipinski definition) is 3. The highest BCUT2D eigenvalue weighted by Gasteiger charge is 2.27. The Labute approximate surface area is 194 Å². The fourth-order valence-corrected chi connectivity index (χ4v) is 2.79. The van der Waals surface area contributed by atoms with Crippen molar-refractivity contribution in [1.82, 2.24) is 10.6 Å². The van der Waals surface area contributed by atoms with Gasteiger partial charge in [0.1, 0.15) is 17.2 Å². The van der Waals surface area contributed by atoms with Gasteiger partial charge in [-0.05, 0) is 60.9 Å². The van der Waals surface area contributed by atoms with E-state index in [1.165, 1.54) is 30.3 Å². The van der Waals surface area contributed by atoms with E-state index in [1.807, 2.05) is 0 Å². The molecule has 3 rings (SSSR count). The molecule has 1 aliphatic rings. The molecule has 2 aromatic carbocycles. The molecule has 1 saturated carbocycles. The minimum Gasteiger partial charge on any atom is -0.493 e. The maximum Gasteiger partial charge on any atom is 0.392 e. The van der Waals surface area contributed by atoms with Gasteiger partial charge < -0.3 is 25.2 Å². The first-order chi connectivity index (χ1) is 16.2. The number of ether oxygens (including phenoxy) is 2. The maximum atomic E-state index is 12.7. The van der Waals surface area contributed by atoms with E-state index in [0.717, 1.165) is 12.8 Å². The highest BCUT2D eigenvalue weighted by molar-refractivity contribution is 6.05. The first kappa shape index (κ1) is 25.1. The molecule has 182 valence electrons. The van der Waals surface area contributed by atoms with Gasteiger partial charge in [0.05, 0.1) is 25.7 Å². The van der Waals surface area contributed by atoms with Crippen molar-refractivity contribution in [3.05, 3.63) is 65.4 Å². The van der Waals surface area contributed by atoms with E-state index in [0.29, 0.717) is 11.3 Å². The summed E-state index contributed by atoms with van der Waals surface area (Å²) in [7, 11) is 0. The molecule has 0 saturated heterocycles. The third kappa shape index (κ3) is 8.43. The average Bonchev–Trinajstić information content (AvgIpc) is 3.62. The standard InChI is InChI=1S/C24H25F3N2O5/c25-24(26,27)11-14-33-18-7-3-17(4-8-18)22(31)29-21(23(32)28-12-13-30)15-16-1-5-19(6-2-16)34-20-9-10-20/h1-8,15,20,30H,9-14H2,(H,28,32)(H,29,31)/b21-15+. The zero-order chi connectivity index (χ0) is 24.6. The summed E-state index contributed by atoms with van der Waals surface area (Å²) in [5.74, 6) is -0.285. The molecule has 3 N–H and O–H groups in total. The molecule has 2 amide bonds. The van der Waals surface area contributed by atoms with Crippen LogP contribution in [0.25, 0.3) is 6.08 Å². The number of carbonyl (C=O) groups excluding carboxylic acids is 2. The predicted molar refractivity (Wildman–Crippen MR) is 118 cm³/mol. The van der Waals surface area contributed by atoms with Gasteiger partial charge in [0.2, 0.25) is 0 Å². The maximum absolute atomic E-state index is 12.7. The van der Waals surface area contributed by atoms with Gasteiger partial charge in [-0.2, -0.15) is 13.2 Å². The van der Waals surface area contributed by atoms with Crippen LogP contribution in [0.3, 0.4) is 0 Å². The van der Waals surface area contributed by atoms with Gasteiger partial charge in [-0.15, -0.1) is 0 Å². The Bertz CT molecular complexity index is 1000. The number of carbonyl (C=O) groups is 2. The Balaban J connectivity index is 1.66. The second-order valence-electron chi connectivity index (χ2n) is 7.62. The Morgan fingerprint density at radius 2 is 1.68 bits per heavy atom. The largest absolute Gasteiger partial charge is 0.493 e. The number of aliphatic hydroxyl groups excluding tert-OH is 1. The van der Waals surface area contributed by atoms with Gasteiger partial charge in [0.25, 0.3) is 11.8 Å². The SMILES string of the molecule is O=C(NCCO)/C(=C\c1ccc(OC2CC2)cc1)NC(=O)c1ccc(OCCC(F)(F)F)cc1. The van der Waals surface area contributed by atoms with Gasteiger partial charge in [0, 0.05) is 12.1 Å². The van der Waals surface area contributed by atoms with Gasteiger partial charge in [-0.3, -0.25) is 9.59 Å². The highest BCUT2D eigenvalue weighted by Crippen LogP contribution is 2.27. The second kappa shape index (κ2) is 11.6. The topological polar surface area (TPSA) is 96.9 Å². The van der Waals surface area contributed by atoms with Gasteiger partial charge in [-0.25, -0.2) is 0 Å². The van der Waals surface area contributed by atoms with Crippen molar-refractivity contribution in [2.24, 2.45) is 0 Å². The molecule has 0 aromatic heterocycles. The molecule has 1 aliphatic carbocycles. The van der Waals surface area contributed by atoms with Crippen LogP contribution >= 0.6 is 0 Å². The molecule has 34 heavy (non-hydrogen) atoms. The fourth-order valence-electron chi connectivity index (χ4n) is 2.79. The lowest BCUT2D eigenvalue weighted by Gasteiger charge is -2.12. The third-order valence-electron chi connectivity index (χ3n) is 4.68. The van der Waals surface area contributed by atoms with E-state index in [1.54, 1.807) is 24.3 Å². The summed E-state index contributed by atoms with van der Waals surface area (Å²) < 4.78 is 47.4. The smallest absolute Gasteiger partial charge is 0.392 e. The van der Waals surface area contributed by atoms with Crippen molar-refractivity contribution in [2.75, 3.05) is 19.8 Å². The Kier molecular flexibility index (Phi) is 8.53. The van der Waals surface area contributed by atoms with Crippen LogP contribution in [-0.4, -0.2) is 49.0 Å². The van der Waals surface area contributed by atoms with E-state index in [9.17, 15) is 22.8 Å². The van der Waals surface area contributed by atoms with E-state index >= 15 is 0 Å². The Morgan fingerprint density at radius 3 is 2.26 bits per heavy atom. The van der Waals surface area contributed by atoms with Crippen molar-refractivity contribution < 1.29 is 37.3 Å². The van der Waals surface area contributed by atoms with E-state index < -0.39 is 31.0 Å². The first-order valence-electron chi connectivity index (χ1n) is 10.7. The average molecular weight is 478 g/mol. The van der Waals surface area contributed by atoms with E-state index in [-0.39, 0.29) is 36.3 Å². The van der Waals surface area contributed by atoms with Crippen molar-refractivity contribution >= 4 is 17.9 Å². The lowest BCUT2D eigenvalue weighted by atomic mass is 10.1. The number of amides is 2. The van der Waals surface area contributed by atoms with E-state index in [4.69, 9.17) is 14.6 Å². The number of rotatable bonds is 11. The van der Waals surface area contributed by atoms with Crippen molar-refractivity contribution in [3.8, 4) is 11.5 Å². The summed E-state index contributed by atoms with van der Waals surface area (Å²) in [6.45, 7) is -0.794. The summed E-state index contributed by atoms with van der Waals surface area (Å²) in [6, 6.07) is 12.5. The first-order valence-corrected chi connectivity index (χ1v) is 10.7. The number of hydrogen-bond acceptors (Lipinski definition) is 5. The van der Waals surface area contributed by atoms with Crippen molar-refractivity contribution in [1.29, 1.82) is 0 Å². The van der Waals surface area contributed by atoms with Crippen LogP contribution in [0.15, 0.2) is 54.2 Å². The Hall–Kier alpha value is -3.53. The molecule has 0 aliphatic heterocycles. The lowest BCUT2D eigenvalue weighted by Crippen LogP contribution is -2.36. The van der Waals surface area contributed by atoms with Crippen molar-refractivity contribution in [3.63, 3.8) is 0 Å². The van der Waals surface area contributed by atoms with Gasteiger partial charge >= 0.3 is 6.18 Å². The summed E-state index contributed by atoms with van der Waals surface area (Å²) in [6.07, 6.45) is -1.60. The molecule has 10 heteroatoms.